The average molecular weight is 343 g/mol. The second-order valence-electron chi connectivity index (χ2n) is 5.03. The lowest BCUT2D eigenvalue weighted by Gasteiger charge is -2.06. The molecule has 0 atom stereocenters. The molecule has 0 bridgehead atoms. The highest BCUT2D eigenvalue weighted by atomic mass is 32.2. The van der Waals surface area contributed by atoms with Gasteiger partial charge in [-0.15, -0.1) is 10.2 Å². The number of aryl methyl sites for hydroxylation is 1. The zero-order valence-corrected chi connectivity index (χ0v) is 13.6. The van der Waals surface area contributed by atoms with Gasteiger partial charge in [0, 0.05) is 5.69 Å². The number of nitrogens with one attached hydrogen (secondary N) is 1. The van der Waals surface area contributed by atoms with Crippen LogP contribution in [-0.4, -0.2) is 21.9 Å². The summed E-state index contributed by atoms with van der Waals surface area (Å²) in [6.45, 7) is 1.67. The maximum absolute atomic E-state index is 13.5. The highest BCUT2D eigenvalue weighted by Gasteiger charge is 2.08. The van der Waals surface area contributed by atoms with E-state index in [0.717, 1.165) is 0 Å². The number of carbonyl (C=O) groups excluding carboxylic acids is 1. The average Bonchev–Trinajstić information content (AvgIpc) is 3.11. The molecule has 0 aliphatic rings. The maximum atomic E-state index is 13.5. The van der Waals surface area contributed by atoms with Crippen molar-refractivity contribution in [2.24, 2.45) is 0 Å². The van der Waals surface area contributed by atoms with Gasteiger partial charge in [0.05, 0.1) is 12.0 Å². The molecular formula is C17H14FN3O2S. The lowest BCUT2D eigenvalue weighted by Crippen LogP contribution is -2.14. The van der Waals surface area contributed by atoms with E-state index in [4.69, 9.17) is 4.42 Å². The van der Waals surface area contributed by atoms with Crippen molar-refractivity contribution in [3.05, 3.63) is 60.1 Å². The van der Waals surface area contributed by atoms with Gasteiger partial charge < -0.3 is 9.73 Å². The summed E-state index contributed by atoms with van der Waals surface area (Å²) in [4.78, 5) is 11.9. The summed E-state index contributed by atoms with van der Waals surface area (Å²) >= 11 is 1.25. The highest BCUT2D eigenvalue weighted by molar-refractivity contribution is 7.99. The van der Waals surface area contributed by atoms with Crippen molar-refractivity contribution in [2.45, 2.75) is 11.9 Å². The van der Waals surface area contributed by atoms with Crippen molar-refractivity contribution < 1.29 is 13.6 Å². The van der Waals surface area contributed by atoms with Crippen LogP contribution in [0.2, 0.25) is 0 Å². The standard InChI is InChI=1S/C17H14FN3O2S/c1-11-4-5-12(9-13(11)18)19-16(22)10-24-17-7-6-14(20-21-17)15-3-2-8-23-15/h2-9H,10H2,1H3,(H,19,22). The molecule has 1 amide bonds. The van der Waals surface area contributed by atoms with Crippen molar-refractivity contribution >= 4 is 23.4 Å². The Bertz CT molecular complexity index is 836. The predicted molar refractivity (Wildman–Crippen MR) is 90.2 cm³/mol. The number of hydrogen-bond acceptors (Lipinski definition) is 5. The normalized spacial score (nSPS) is 10.6. The molecule has 0 radical (unpaired) electrons. The summed E-state index contributed by atoms with van der Waals surface area (Å²) in [5.74, 6) is 0.211. The largest absolute Gasteiger partial charge is 0.463 e. The minimum atomic E-state index is -0.347. The smallest absolute Gasteiger partial charge is 0.234 e. The van der Waals surface area contributed by atoms with Crippen LogP contribution < -0.4 is 5.32 Å². The van der Waals surface area contributed by atoms with Gasteiger partial charge in [-0.25, -0.2) is 4.39 Å². The molecule has 0 aliphatic heterocycles. The van der Waals surface area contributed by atoms with Crippen LogP contribution in [0.25, 0.3) is 11.5 Å². The van der Waals surface area contributed by atoms with Gasteiger partial charge in [-0.1, -0.05) is 17.8 Å². The summed E-state index contributed by atoms with van der Waals surface area (Å²) in [6.07, 6.45) is 1.57. The molecule has 24 heavy (non-hydrogen) atoms. The predicted octanol–water partition coefficient (Wildman–Crippen LogP) is 3.91. The SMILES string of the molecule is Cc1ccc(NC(=O)CSc2ccc(-c3ccco3)nn2)cc1F. The molecule has 2 heterocycles. The van der Waals surface area contributed by atoms with E-state index in [1.165, 1.54) is 17.8 Å². The number of amides is 1. The van der Waals surface area contributed by atoms with Crippen LogP contribution in [0.5, 0.6) is 0 Å². The molecule has 0 spiro atoms. The van der Waals surface area contributed by atoms with Crippen LogP contribution >= 0.6 is 11.8 Å². The fraction of sp³-hybridized carbons (Fsp3) is 0.118. The molecule has 7 heteroatoms. The van der Waals surface area contributed by atoms with E-state index in [2.05, 4.69) is 15.5 Å². The van der Waals surface area contributed by atoms with Gasteiger partial charge >= 0.3 is 0 Å². The third kappa shape index (κ3) is 3.99. The molecule has 0 saturated heterocycles. The minimum Gasteiger partial charge on any atom is -0.463 e. The molecule has 3 rings (SSSR count). The van der Waals surface area contributed by atoms with Crippen LogP contribution in [0.3, 0.4) is 0 Å². The topological polar surface area (TPSA) is 68.0 Å². The van der Waals surface area contributed by atoms with Gasteiger partial charge in [0.15, 0.2) is 5.76 Å². The number of furan rings is 1. The van der Waals surface area contributed by atoms with E-state index in [1.54, 1.807) is 49.6 Å². The second-order valence-corrected chi connectivity index (χ2v) is 6.03. The zero-order valence-electron chi connectivity index (χ0n) is 12.8. The molecule has 0 aliphatic carbocycles. The summed E-state index contributed by atoms with van der Waals surface area (Å²) in [7, 11) is 0. The van der Waals surface area contributed by atoms with Crippen molar-refractivity contribution in [1.29, 1.82) is 0 Å². The van der Waals surface area contributed by atoms with Crippen LogP contribution in [0, 0.1) is 12.7 Å². The molecular weight excluding hydrogens is 329 g/mol. The van der Waals surface area contributed by atoms with Gasteiger partial charge in [0.25, 0.3) is 0 Å². The van der Waals surface area contributed by atoms with Crippen LogP contribution in [0.4, 0.5) is 10.1 Å². The summed E-state index contributed by atoms with van der Waals surface area (Å²) < 4.78 is 18.7. The Hall–Kier alpha value is -2.67. The Morgan fingerprint density at radius 1 is 1.25 bits per heavy atom. The molecule has 1 aromatic carbocycles. The summed E-state index contributed by atoms with van der Waals surface area (Å²) in [5, 5.41) is 11.4. The number of halogens is 1. The molecule has 0 unspecified atom stereocenters. The van der Waals surface area contributed by atoms with Crippen molar-refractivity contribution in [3.63, 3.8) is 0 Å². The van der Waals surface area contributed by atoms with E-state index < -0.39 is 0 Å². The van der Waals surface area contributed by atoms with Crippen molar-refractivity contribution in [2.75, 3.05) is 11.1 Å². The molecule has 2 aromatic heterocycles. The fourth-order valence-electron chi connectivity index (χ4n) is 1.96. The first kappa shape index (κ1) is 16.2. The number of anilines is 1. The summed E-state index contributed by atoms with van der Waals surface area (Å²) in [6, 6.07) is 11.7. The lowest BCUT2D eigenvalue weighted by molar-refractivity contribution is -0.113. The van der Waals surface area contributed by atoms with Crippen molar-refractivity contribution in [1.82, 2.24) is 10.2 Å². The van der Waals surface area contributed by atoms with E-state index in [-0.39, 0.29) is 17.5 Å². The first-order valence-electron chi connectivity index (χ1n) is 7.18. The Morgan fingerprint density at radius 2 is 2.12 bits per heavy atom. The number of hydrogen-bond donors (Lipinski definition) is 1. The molecule has 3 aromatic rings. The van der Waals surface area contributed by atoms with E-state index in [0.29, 0.717) is 27.7 Å². The van der Waals surface area contributed by atoms with Gasteiger partial charge in [-0.05, 0) is 48.9 Å². The Labute approximate surface area is 142 Å². The first-order valence-corrected chi connectivity index (χ1v) is 8.17. The van der Waals surface area contributed by atoms with Gasteiger partial charge in [-0.3, -0.25) is 4.79 Å². The number of rotatable bonds is 5. The molecule has 122 valence electrons. The van der Waals surface area contributed by atoms with E-state index >= 15 is 0 Å². The lowest BCUT2D eigenvalue weighted by atomic mass is 10.2. The van der Waals surface area contributed by atoms with Gasteiger partial charge in [0.1, 0.15) is 16.5 Å². The molecule has 0 saturated carbocycles. The van der Waals surface area contributed by atoms with E-state index in [9.17, 15) is 9.18 Å². The minimum absolute atomic E-state index is 0.157. The maximum Gasteiger partial charge on any atom is 0.234 e. The molecule has 5 nitrogen and oxygen atoms in total. The Kier molecular flexibility index (Phi) is 4.90. The quantitative estimate of drug-likeness (QED) is 0.711. The Balaban J connectivity index is 1.55. The number of thioether (sulfide) groups is 1. The van der Waals surface area contributed by atoms with Gasteiger partial charge in [-0.2, -0.15) is 0 Å². The fourth-order valence-corrected chi connectivity index (χ4v) is 2.57. The zero-order chi connectivity index (χ0) is 16.9. The number of aromatic nitrogens is 2. The molecule has 1 N–H and O–H groups in total. The van der Waals surface area contributed by atoms with E-state index in [1.807, 2.05) is 0 Å². The monoisotopic (exact) mass is 343 g/mol. The van der Waals surface area contributed by atoms with Crippen LogP contribution in [0.15, 0.2) is 58.2 Å². The summed E-state index contributed by atoms with van der Waals surface area (Å²) in [5.41, 5.74) is 1.60. The third-order valence-corrected chi connectivity index (χ3v) is 4.14. The number of nitrogens with zero attached hydrogens (tertiary/aromatic N) is 2. The highest BCUT2D eigenvalue weighted by Crippen LogP contribution is 2.20. The van der Waals surface area contributed by atoms with Crippen LogP contribution in [-0.2, 0) is 4.79 Å². The number of carbonyl (C=O) groups is 1. The molecule has 0 fully saturated rings. The van der Waals surface area contributed by atoms with Crippen LogP contribution in [0.1, 0.15) is 5.56 Å². The van der Waals surface area contributed by atoms with Gasteiger partial charge in [0.2, 0.25) is 5.91 Å². The Morgan fingerprint density at radius 3 is 2.79 bits per heavy atom. The second kappa shape index (κ2) is 7.27. The number of benzene rings is 1. The third-order valence-electron chi connectivity index (χ3n) is 3.22. The van der Waals surface area contributed by atoms with Crippen molar-refractivity contribution in [3.8, 4) is 11.5 Å². The first-order chi connectivity index (χ1) is 11.6.